The fourth-order valence-corrected chi connectivity index (χ4v) is 2.55. The van der Waals surface area contributed by atoms with Crippen molar-refractivity contribution in [3.8, 4) is 0 Å². The van der Waals surface area contributed by atoms with E-state index in [2.05, 4.69) is 36.6 Å². The van der Waals surface area contributed by atoms with E-state index in [4.69, 9.17) is 0 Å². The van der Waals surface area contributed by atoms with Crippen molar-refractivity contribution in [3.05, 3.63) is 29.8 Å². The van der Waals surface area contributed by atoms with Crippen molar-refractivity contribution in [2.75, 3.05) is 11.9 Å². The summed E-state index contributed by atoms with van der Waals surface area (Å²) in [5.41, 5.74) is 2.14. The molecule has 1 aliphatic carbocycles. The number of hydrogen-bond acceptors (Lipinski definition) is 2. The molecule has 1 aromatic carbocycles. The Morgan fingerprint density at radius 1 is 1.32 bits per heavy atom. The van der Waals surface area contributed by atoms with Gasteiger partial charge < -0.3 is 10.6 Å². The largest absolute Gasteiger partial charge is 0.325 e. The molecule has 0 radical (unpaired) electrons. The highest BCUT2D eigenvalue weighted by Gasteiger charge is 2.15. The molecule has 0 atom stereocenters. The third kappa shape index (κ3) is 4.35. The number of hydrogen-bond donors (Lipinski definition) is 2. The lowest BCUT2D eigenvalue weighted by Crippen LogP contribution is -2.34. The normalized spacial score (nSPS) is 15.9. The van der Waals surface area contributed by atoms with Crippen molar-refractivity contribution in [2.45, 2.75) is 51.5 Å². The lowest BCUT2D eigenvalue weighted by molar-refractivity contribution is -0.115. The van der Waals surface area contributed by atoms with Crippen molar-refractivity contribution in [1.82, 2.24) is 5.32 Å². The molecule has 0 spiro atoms. The lowest BCUT2D eigenvalue weighted by Gasteiger charge is -2.13. The summed E-state index contributed by atoms with van der Waals surface area (Å²) in [5.74, 6) is 0.529. The summed E-state index contributed by atoms with van der Waals surface area (Å²) in [4.78, 5) is 11.9. The Balaban J connectivity index is 1.82. The molecule has 0 bridgehead atoms. The van der Waals surface area contributed by atoms with Gasteiger partial charge in [-0.15, -0.1) is 0 Å². The molecule has 0 saturated heterocycles. The first-order valence-corrected chi connectivity index (χ1v) is 7.28. The molecule has 3 heteroatoms. The fourth-order valence-electron chi connectivity index (χ4n) is 2.55. The number of nitrogens with one attached hydrogen (secondary N) is 2. The van der Waals surface area contributed by atoms with Crippen LogP contribution in [-0.2, 0) is 4.79 Å². The van der Waals surface area contributed by atoms with Crippen molar-refractivity contribution < 1.29 is 4.79 Å². The molecule has 1 fully saturated rings. The van der Waals surface area contributed by atoms with Gasteiger partial charge >= 0.3 is 0 Å². The first kappa shape index (κ1) is 14.1. The molecule has 104 valence electrons. The van der Waals surface area contributed by atoms with Crippen LogP contribution in [0.3, 0.4) is 0 Å². The Bertz CT molecular complexity index is 423. The molecule has 0 aromatic heterocycles. The maximum absolute atomic E-state index is 11.9. The smallest absolute Gasteiger partial charge is 0.238 e. The van der Waals surface area contributed by atoms with E-state index in [-0.39, 0.29) is 5.91 Å². The lowest BCUT2D eigenvalue weighted by atomic mass is 10.0. The molecule has 19 heavy (non-hydrogen) atoms. The number of carbonyl (C=O) groups is 1. The zero-order valence-electron chi connectivity index (χ0n) is 11.9. The van der Waals surface area contributed by atoms with Gasteiger partial charge in [-0.25, -0.2) is 0 Å². The number of anilines is 1. The van der Waals surface area contributed by atoms with Gasteiger partial charge in [0.1, 0.15) is 0 Å². The van der Waals surface area contributed by atoms with Crippen LogP contribution in [-0.4, -0.2) is 18.5 Å². The van der Waals surface area contributed by atoms with Gasteiger partial charge in [0.2, 0.25) is 5.91 Å². The zero-order valence-corrected chi connectivity index (χ0v) is 11.9. The number of rotatable bonds is 5. The Kier molecular flexibility index (Phi) is 4.97. The zero-order chi connectivity index (χ0) is 13.7. The van der Waals surface area contributed by atoms with Gasteiger partial charge in [-0.3, -0.25) is 4.79 Å². The van der Waals surface area contributed by atoms with Crippen LogP contribution in [0.5, 0.6) is 0 Å². The Labute approximate surface area is 115 Å². The summed E-state index contributed by atoms with van der Waals surface area (Å²) in [6.45, 7) is 4.72. The highest BCUT2D eigenvalue weighted by molar-refractivity contribution is 5.92. The molecule has 0 aliphatic heterocycles. The van der Waals surface area contributed by atoms with Crippen LogP contribution in [0.15, 0.2) is 24.3 Å². The Hall–Kier alpha value is -1.35. The summed E-state index contributed by atoms with van der Waals surface area (Å²) in [7, 11) is 0. The van der Waals surface area contributed by atoms with Crippen molar-refractivity contribution in [2.24, 2.45) is 0 Å². The van der Waals surface area contributed by atoms with Crippen molar-refractivity contribution in [3.63, 3.8) is 0 Å². The van der Waals surface area contributed by atoms with Gasteiger partial charge in [0.15, 0.2) is 0 Å². The van der Waals surface area contributed by atoms with E-state index in [1.54, 1.807) is 0 Å². The molecule has 3 nitrogen and oxygen atoms in total. The molecule has 2 N–H and O–H groups in total. The van der Waals surface area contributed by atoms with E-state index in [1.165, 1.54) is 31.2 Å². The van der Waals surface area contributed by atoms with Crippen LogP contribution in [0.1, 0.15) is 51.0 Å². The molecule has 1 amide bonds. The predicted molar refractivity (Wildman–Crippen MR) is 79.4 cm³/mol. The van der Waals surface area contributed by atoms with E-state index < -0.39 is 0 Å². The number of benzene rings is 1. The SMILES string of the molecule is CC(C)c1cccc(NC(=O)CNC2CCCC2)c1. The van der Waals surface area contributed by atoms with Crippen LogP contribution in [0.4, 0.5) is 5.69 Å². The first-order valence-electron chi connectivity index (χ1n) is 7.28. The van der Waals surface area contributed by atoms with Crippen LogP contribution in [0.25, 0.3) is 0 Å². The van der Waals surface area contributed by atoms with E-state index in [1.807, 2.05) is 12.1 Å². The molecular weight excluding hydrogens is 236 g/mol. The second kappa shape index (κ2) is 6.71. The van der Waals surface area contributed by atoms with Gasteiger partial charge in [-0.05, 0) is 36.5 Å². The standard InChI is InChI=1S/C16H24N2O/c1-12(2)13-6-5-9-15(10-13)18-16(19)11-17-14-7-3-4-8-14/h5-6,9-10,12,14,17H,3-4,7-8,11H2,1-2H3,(H,18,19). The van der Waals surface area contributed by atoms with Gasteiger partial charge in [0.25, 0.3) is 0 Å². The summed E-state index contributed by atoms with van der Waals surface area (Å²) in [6.07, 6.45) is 4.98. The molecule has 1 aromatic rings. The molecule has 0 unspecified atom stereocenters. The summed E-state index contributed by atoms with van der Waals surface area (Å²) < 4.78 is 0. The second-order valence-corrected chi connectivity index (χ2v) is 5.69. The van der Waals surface area contributed by atoms with Crippen LogP contribution < -0.4 is 10.6 Å². The van der Waals surface area contributed by atoms with Crippen molar-refractivity contribution >= 4 is 11.6 Å². The third-order valence-corrected chi connectivity index (χ3v) is 3.74. The van der Waals surface area contributed by atoms with E-state index in [0.717, 1.165) is 5.69 Å². The van der Waals surface area contributed by atoms with Crippen LogP contribution >= 0.6 is 0 Å². The molecule has 1 saturated carbocycles. The van der Waals surface area contributed by atoms with Gasteiger partial charge in [0, 0.05) is 11.7 Å². The number of carbonyl (C=O) groups excluding carboxylic acids is 1. The minimum atomic E-state index is 0.0489. The molecule has 1 aliphatic rings. The summed E-state index contributed by atoms with van der Waals surface area (Å²) >= 11 is 0. The molecular formula is C16H24N2O. The average Bonchev–Trinajstić information content (AvgIpc) is 2.90. The predicted octanol–water partition coefficient (Wildman–Crippen LogP) is 3.28. The fraction of sp³-hybridized carbons (Fsp3) is 0.562. The van der Waals surface area contributed by atoms with E-state index >= 15 is 0 Å². The first-order chi connectivity index (χ1) is 9.15. The minimum absolute atomic E-state index is 0.0489. The Morgan fingerprint density at radius 3 is 2.74 bits per heavy atom. The third-order valence-electron chi connectivity index (χ3n) is 3.74. The maximum atomic E-state index is 11.9. The van der Waals surface area contributed by atoms with Gasteiger partial charge in [-0.2, -0.15) is 0 Å². The maximum Gasteiger partial charge on any atom is 0.238 e. The van der Waals surface area contributed by atoms with Crippen LogP contribution in [0, 0.1) is 0 Å². The van der Waals surface area contributed by atoms with E-state index in [9.17, 15) is 4.79 Å². The quantitative estimate of drug-likeness (QED) is 0.853. The van der Waals surface area contributed by atoms with Crippen LogP contribution in [0.2, 0.25) is 0 Å². The summed E-state index contributed by atoms with van der Waals surface area (Å²) in [6, 6.07) is 8.62. The topological polar surface area (TPSA) is 41.1 Å². The monoisotopic (exact) mass is 260 g/mol. The molecule has 2 rings (SSSR count). The highest BCUT2D eigenvalue weighted by atomic mass is 16.1. The second-order valence-electron chi connectivity index (χ2n) is 5.69. The van der Waals surface area contributed by atoms with Gasteiger partial charge in [-0.1, -0.05) is 38.8 Å². The van der Waals surface area contributed by atoms with Gasteiger partial charge in [0.05, 0.1) is 6.54 Å². The average molecular weight is 260 g/mol. The molecule has 0 heterocycles. The van der Waals surface area contributed by atoms with Crippen molar-refractivity contribution in [1.29, 1.82) is 0 Å². The summed E-state index contributed by atoms with van der Waals surface area (Å²) in [5, 5.41) is 6.29. The highest BCUT2D eigenvalue weighted by Crippen LogP contribution is 2.19. The Morgan fingerprint density at radius 2 is 2.05 bits per heavy atom. The van der Waals surface area contributed by atoms with E-state index in [0.29, 0.717) is 18.5 Å². The minimum Gasteiger partial charge on any atom is -0.325 e. The number of amides is 1.